The van der Waals surface area contributed by atoms with Crippen LogP contribution < -0.4 is 9.47 Å². The summed E-state index contributed by atoms with van der Waals surface area (Å²) in [5.41, 5.74) is 8.48. The van der Waals surface area contributed by atoms with Crippen molar-refractivity contribution in [2.45, 2.75) is 211 Å². The summed E-state index contributed by atoms with van der Waals surface area (Å²) < 4.78 is 25.2. The molecule has 56 heavy (non-hydrogen) atoms. The van der Waals surface area contributed by atoms with E-state index in [4.69, 9.17) is 18.9 Å². The number of rotatable bonds is 17. The highest BCUT2D eigenvalue weighted by Gasteiger charge is 2.39. The molecule has 0 radical (unpaired) electrons. The van der Waals surface area contributed by atoms with Gasteiger partial charge in [-0.05, 0) is 93.0 Å². The molecule has 0 spiro atoms. The van der Waals surface area contributed by atoms with Gasteiger partial charge in [-0.25, -0.2) is 0 Å². The van der Waals surface area contributed by atoms with E-state index in [1.165, 1.54) is 33.4 Å². The minimum absolute atomic E-state index is 0.0842. The zero-order valence-corrected chi connectivity index (χ0v) is 40.2. The van der Waals surface area contributed by atoms with E-state index in [9.17, 15) is 0 Å². The molecule has 2 atom stereocenters. The van der Waals surface area contributed by atoms with Crippen molar-refractivity contribution in [2.75, 3.05) is 26.4 Å². The number of ether oxygens (including phenoxy) is 4. The second-order valence-corrected chi connectivity index (χ2v) is 25.6. The molecule has 0 amide bonds. The van der Waals surface area contributed by atoms with Gasteiger partial charge in [-0.3, -0.25) is 0 Å². The smallest absolute Gasteiger partial charge is 0.126 e. The van der Waals surface area contributed by atoms with Crippen LogP contribution >= 0.6 is 0 Å². The Balaban J connectivity index is 1.91. The van der Waals surface area contributed by atoms with Crippen LogP contribution in [0.2, 0.25) is 0 Å². The fourth-order valence-electron chi connectivity index (χ4n) is 10.6. The van der Waals surface area contributed by atoms with E-state index in [1.807, 2.05) is 0 Å². The molecule has 0 bridgehead atoms. The van der Waals surface area contributed by atoms with Gasteiger partial charge >= 0.3 is 0 Å². The summed E-state index contributed by atoms with van der Waals surface area (Å²) >= 11 is 0. The minimum atomic E-state index is -0.0842. The summed E-state index contributed by atoms with van der Waals surface area (Å²) in [5, 5.41) is 0. The Bertz CT molecular complexity index is 1410. The molecule has 2 aliphatic rings. The van der Waals surface area contributed by atoms with E-state index < -0.39 is 0 Å². The van der Waals surface area contributed by atoms with Gasteiger partial charge in [0.15, 0.2) is 0 Å². The van der Waals surface area contributed by atoms with Crippen LogP contribution in [0.25, 0.3) is 0 Å². The first kappa shape index (κ1) is 46.6. The van der Waals surface area contributed by atoms with Gasteiger partial charge in [0.25, 0.3) is 0 Å². The Morgan fingerprint density at radius 1 is 0.411 bits per heavy atom. The summed E-state index contributed by atoms with van der Waals surface area (Å²) in [6.07, 6.45) is 6.55. The van der Waals surface area contributed by atoms with E-state index in [1.54, 1.807) is 0 Å². The summed E-state index contributed by atoms with van der Waals surface area (Å²) in [4.78, 5) is 0. The zero-order valence-electron chi connectivity index (χ0n) is 40.2. The molecule has 2 heterocycles. The van der Waals surface area contributed by atoms with Crippen LogP contribution in [0.5, 0.6) is 11.5 Å². The lowest BCUT2D eigenvalue weighted by molar-refractivity contribution is 0.231. The molecule has 2 saturated heterocycles. The highest BCUT2D eigenvalue weighted by molar-refractivity contribution is 5.54. The standard InChI is InChI=1S/C52H86O4/c1-45(2,3)31-49(13,14)39-23-35(24-40(43(39)55-29-37-27-53-37)50(15,16)32-46(4,5)6)21-22-36-25-41(51(17,18)33-47(7,8)9)44(56-30-38-28-54-38)42(26-36)52(19,20)34-48(10,11)12/h23-26,37-38H,21-22,27-34H2,1-20H3. The van der Waals surface area contributed by atoms with Crippen LogP contribution in [-0.4, -0.2) is 38.6 Å². The van der Waals surface area contributed by atoms with Crippen LogP contribution in [0.15, 0.2) is 24.3 Å². The molecule has 2 aromatic rings. The van der Waals surface area contributed by atoms with Crippen LogP contribution in [0, 0.1) is 21.7 Å². The van der Waals surface area contributed by atoms with Crippen molar-refractivity contribution in [3.05, 3.63) is 57.6 Å². The average Bonchev–Trinajstić information content (AvgIpc) is 3.88. The molecule has 4 nitrogen and oxygen atoms in total. The summed E-state index contributed by atoms with van der Waals surface area (Å²) in [5.74, 6) is 2.18. The second-order valence-electron chi connectivity index (χ2n) is 25.6. The maximum atomic E-state index is 6.91. The monoisotopic (exact) mass is 775 g/mol. The van der Waals surface area contributed by atoms with Gasteiger partial charge in [-0.15, -0.1) is 0 Å². The lowest BCUT2D eigenvalue weighted by atomic mass is 9.67. The Morgan fingerprint density at radius 2 is 0.625 bits per heavy atom. The Kier molecular flexibility index (Phi) is 13.5. The van der Waals surface area contributed by atoms with Crippen LogP contribution in [0.3, 0.4) is 0 Å². The topological polar surface area (TPSA) is 43.5 Å². The third-order valence-electron chi connectivity index (χ3n) is 11.4. The summed E-state index contributed by atoms with van der Waals surface area (Å²) in [6.45, 7) is 50.6. The molecule has 2 fully saturated rings. The van der Waals surface area contributed by atoms with Crippen molar-refractivity contribution in [3.63, 3.8) is 0 Å². The molecule has 2 aliphatic heterocycles. The molecule has 4 rings (SSSR count). The molecular weight excluding hydrogens is 689 g/mol. The highest BCUT2D eigenvalue weighted by atomic mass is 16.6. The molecule has 0 N–H and O–H groups in total. The van der Waals surface area contributed by atoms with Crippen molar-refractivity contribution in [1.82, 2.24) is 0 Å². The van der Waals surface area contributed by atoms with Gasteiger partial charge in [-0.1, -0.05) is 163 Å². The van der Waals surface area contributed by atoms with E-state index in [0.717, 1.165) is 63.2 Å². The summed E-state index contributed by atoms with van der Waals surface area (Å²) in [7, 11) is 0. The lowest BCUT2D eigenvalue weighted by Crippen LogP contribution is -2.30. The molecule has 0 aromatic heterocycles. The van der Waals surface area contributed by atoms with E-state index in [-0.39, 0.29) is 55.5 Å². The minimum Gasteiger partial charge on any atom is -0.490 e. The maximum absolute atomic E-state index is 6.91. The number of hydrogen-bond donors (Lipinski definition) is 0. The first-order chi connectivity index (χ1) is 25.2. The first-order valence-electron chi connectivity index (χ1n) is 22.0. The number of benzene rings is 2. The fourth-order valence-corrected chi connectivity index (χ4v) is 10.6. The van der Waals surface area contributed by atoms with Gasteiger partial charge in [0.05, 0.1) is 13.2 Å². The van der Waals surface area contributed by atoms with Crippen molar-refractivity contribution < 1.29 is 18.9 Å². The third-order valence-corrected chi connectivity index (χ3v) is 11.4. The Hall–Kier alpha value is -2.04. The van der Waals surface area contributed by atoms with Gasteiger partial charge in [0.1, 0.15) is 36.9 Å². The molecule has 4 heteroatoms. The average molecular weight is 775 g/mol. The maximum Gasteiger partial charge on any atom is 0.126 e. The Labute approximate surface area is 346 Å². The van der Waals surface area contributed by atoms with E-state index >= 15 is 0 Å². The van der Waals surface area contributed by atoms with E-state index in [2.05, 4.69) is 163 Å². The van der Waals surface area contributed by atoms with Crippen LogP contribution in [0.1, 0.15) is 198 Å². The lowest BCUT2D eigenvalue weighted by Gasteiger charge is -2.39. The molecule has 2 unspecified atom stereocenters. The normalized spacial score (nSPS) is 18.6. The van der Waals surface area contributed by atoms with Crippen molar-refractivity contribution in [3.8, 4) is 11.5 Å². The van der Waals surface area contributed by atoms with Crippen molar-refractivity contribution >= 4 is 0 Å². The first-order valence-corrected chi connectivity index (χ1v) is 22.0. The van der Waals surface area contributed by atoms with Crippen LogP contribution in [-0.2, 0) is 44.0 Å². The predicted octanol–water partition coefficient (Wildman–Crippen LogP) is 13.9. The second kappa shape index (κ2) is 16.2. The van der Waals surface area contributed by atoms with Gasteiger partial charge in [0.2, 0.25) is 0 Å². The highest BCUT2D eigenvalue weighted by Crippen LogP contribution is 2.50. The quantitative estimate of drug-likeness (QED) is 0.150. The molecule has 2 aromatic carbocycles. The van der Waals surface area contributed by atoms with E-state index in [0.29, 0.717) is 13.2 Å². The fraction of sp³-hybridized carbons (Fsp3) is 0.769. The van der Waals surface area contributed by atoms with Crippen molar-refractivity contribution in [2.24, 2.45) is 21.7 Å². The predicted molar refractivity (Wildman–Crippen MR) is 239 cm³/mol. The van der Waals surface area contributed by atoms with Gasteiger partial charge < -0.3 is 18.9 Å². The SMILES string of the molecule is CC(C)(C)CC(C)(C)c1cc(CCc2cc(C(C)(C)CC(C)(C)C)c(OCC3CO3)c(C(C)(C)CC(C)(C)C)c2)cc(C(C)(C)CC(C)(C)C)c1OCC1CO1. The Morgan fingerprint density at radius 3 is 0.804 bits per heavy atom. The number of hydrogen-bond acceptors (Lipinski definition) is 4. The molecule has 318 valence electrons. The third kappa shape index (κ3) is 13.8. The van der Waals surface area contributed by atoms with Gasteiger partial charge in [-0.2, -0.15) is 0 Å². The number of aryl methyl sites for hydroxylation is 2. The zero-order chi connectivity index (χ0) is 42.5. The van der Waals surface area contributed by atoms with Gasteiger partial charge in [0, 0.05) is 22.3 Å². The summed E-state index contributed by atoms with van der Waals surface area (Å²) in [6, 6.07) is 10.0. The number of epoxide rings is 2. The largest absolute Gasteiger partial charge is 0.490 e. The van der Waals surface area contributed by atoms with Crippen LogP contribution in [0.4, 0.5) is 0 Å². The molecule has 0 saturated carbocycles. The molecule has 0 aliphatic carbocycles. The van der Waals surface area contributed by atoms with Crippen molar-refractivity contribution in [1.29, 1.82) is 0 Å². The molecular formula is C52H86O4.